The van der Waals surface area contributed by atoms with Crippen LogP contribution in [0.15, 0.2) is 21.1 Å². The van der Waals surface area contributed by atoms with E-state index >= 15 is 0 Å². The number of rotatable bonds is 2. The largest absolute Gasteiger partial charge is 0.380 e. The highest BCUT2D eigenvalue weighted by molar-refractivity contribution is 9.11. The topological polar surface area (TPSA) is 12.0 Å². The second-order valence-electron chi connectivity index (χ2n) is 5.50. The highest BCUT2D eigenvalue weighted by atomic mass is 79.9. The average Bonchev–Trinajstić information content (AvgIpc) is 2.22. The van der Waals surface area contributed by atoms with E-state index in [0.717, 1.165) is 31.5 Å². The Morgan fingerprint density at radius 3 is 2.06 bits per heavy atom. The second kappa shape index (κ2) is 6.15. The zero-order chi connectivity index (χ0) is 13.3. The van der Waals surface area contributed by atoms with E-state index in [1.807, 2.05) is 12.1 Å². The molecule has 0 aromatic heterocycles. The van der Waals surface area contributed by atoms with Crippen LogP contribution in [0.5, 0.6) is 0 Å². The van der Waals surface area contributed by atoms with Crippen LogP contribution < -0.4 is 5.32 Å². The summed E-state index contributed by atoms with van der Waals surface area (Å²) in [5.74, 6) is 1.60. The van der Waals surface area contributed by atoms with Crippen LogP contribution in [0, 0.1) is 11.8 Å². The minimum Gasteiger partial charge on any atom is -0.380 e. The molecule has 1 fully saturated rings. The first-order chi connectivity index (χ1) is 8.45. The van der Waals surface area contributed by atoms with Gasteiger partial charge in [0.25, 0.3) is 0 Å². The van der Waals surface area contributed by atoms with E-state index in [9.17, 15) is 0 Å². The predicted molar refractivity (Wildman–Crippen MR) is 86.4 cm³/mol. The molecule has 2 unspecified atom stereocenters. The number of halogens is 3. The highest BCUT2D eigenvalue weighted by Crippen LogP contribution is 2.37. The molecule has 1 aliphatic carbocycles. The van der Waals surface area contributed by atoms with Crippen molar-refractivity contribution < 1.29 is 0 Å². The van der Waals surface area contributed by atoms with Crippen LogP contribution in [-0.4, -0.2) is 6.04 Å². The Labute approximate surface area is 131 Å². The molecule has 1 saturated carbocycles. The molecule has 1 N–H and O–H groups in total. The molecule has 2 atom stereocenters. The molecule has 0 saturated heterocycles. The smallest absolute Gasteiger partial charge is 0.0632 e. The molecule has 18 heavy (non-hydrogen) atoms. The van der Waals surface area contributed by atoms with Crippen LogP contribution in [0.4, 0.5) is 5.69 Å². The molecule has 4 heteroatoms. The third-order valence-electron chi connectivity index (χ3n) is 3.53. The minimum absolute atomic E-state index is 0.553. The molecule has 2 rings (SSSR count). The zero-order valence-corrected chi connectivity index (χ0v) is 14.6. The van der Waals surface area contributed by atoms with Gasteiger partial charge in [0.1, 0.15) is 0 Å². The number of anilines is 1. The van der Waals surface area contributed by atoms with E-state index in [-0.39, 0.29) is 0 Å². The van der Waals surface area contributed by atoms with Gasteiger partial charge in [0.2, 0.25) is 0 Å². The molecule has 0 bridgehead atoms. The minimum atomic E-state index is 0.553. The van der Waals surface area contributed by atoms with Crippen molar-refractivity contribution in [3.8, 4) is 0 Å². The number of hydrogen-bond acceptors (Lipinski definition) is 1. The molecule has 0 heterocycles. The molecule has 0 aliphatic heterocycles. The molecule has 0 amide bonds. The van der Waals surface area contributed by atoms with Crippen LogP contribution in [0.25, 0.3) is 0 Å². The fourth-order valence-electron chi connectivity index (χ4n) is 2.95. The fraction of sp³-hybridized carbons (Fsp3) is 0.571. The van der Waals surface area contributed by atoms with Crippen LogP contribution in [0.3, 0.4) is 0 Å². The van der Waals surface area contributed by atoms with Crippen LogP contribution >= 0.6 is 43.5 Å². The Balaban J connectivity index is 2.14. The molecule has 1 aromatic carbocycles. The Bertz CT molecular complexity index is 403. The van der Waals surface area contributed by atoms with E-state index in [4.69, 9.17) is 11.6 Å². The Hall–Kier alpha value is 0.270. The standard InChI is InChI=1S/C14H18Br2ClN/c1-8-3-9(2)5-11(4-8)18-14-12(15)6-10(17)7-13(14)16/h6-9,11,18H,3-5H2,1-2H3. The molecular formula is C14H18Br2ClN. The van der Waals surface area contributed by atoms with E-state index in [1.54, 1.807) is 0 Å². The summed E-state index contributed by atoms with van der Waals surface area (Å²) in [6.07, 6.45) is 3.83. The number of nitrogens with one attached hydrogen (secondary N) is 1. The van der Waals surface area contributed by atoms with Gasteiger partial charge in [-0.25, -0.2) is 0 Å². The average molecular weight is 396 g/mol. The number of hydrogen-bond donors (Lipinski definition) is 1. The summed E-state index contributed by atoms with van der Waals surface area (Å²) in [6, 6.07) is 4.42. The molecule has 1 aliphatic rings. The van der Waals surface area contributed by atoms with Crippen molar-refractivity contribution in [3.05, 3.63) is 26.1 Å². The second-order valence-corrected chi connectivity index (χ2v) is 7.65. The molecule has 1 aromatic rings. The van der Waals surface area contributed by atoms with Crippen molar-refractivity contribution in [3.63, 3.8) is 0 Å². The van der Waals surface area contributed by atoms with Gasteiger partial charge >= 0.3 is 0 Å². The van der Waals surface area contributed by atoms with Gasteiger partial charge in [0, 0.05) is 20.0 Å². The maximum absolute atomic E-state index is 6.02. The third kappa shape index (κ3) is 3.64. The molecule has 0 radical (unpaired) electrons. The summed E-state index contributed by atoms with van der Waals surface area (Å²) < 4.78 is 2.04. The lowest BCUT2D eigenvalue weighted by Gasteiger charge is -2.33. The third-order valence-corrected chi connectivity index (χ3v) is 5.00. The van der Waals surface area contributed by atoms with Crippen molar-refractivity contribution in [2.24, 2.45) is 11.8 Å². The summed E-state index contributed by atoms with van der Waals surface area (Å²) in [4.78, 5) is 0. The van der Waals surface area contributed by atoms with Gasteiger partial charge in [-0.15, -0.1) is 0 Å². The lowest BCUT2D eigenvalue weighted by Crippen LogP contribution is -2.30. The maximum Gasteiger partial charge on any atom is 0.0632 e. The van der Waals surface area contributed by atoms with Gasteiger partial charge < -0.3 is 5.32 Å². The first-order valence-electron chi connectivity index (χ1n) is 6.36. The predicted octanol–water partition coefficient (Wildman–Crippen LogP) is 6.10. The first kappa shape index (κ1) is 14.7. The van der Waals surface area contributed by atoms with Crippen LogP contribution in [-0.2, 0) is 0 Å². The van der Waals surface area contributed by atoms with Crippen molar-refractivity contribution in [2.45, 2.75) is 39.2 Å². The SMILES string of the molecule is CC1CC(C)CC(Nc2c(Br)cc(Cl)cc2Br)C1. The summed E-state index contributed by atoms with van der Waals surface area (Å²) in [7, 11) is 0. The van der Waals surface area contributed by atoms with Gasteiger partial charge in [-0.05, 0) is 75.1 Å². The van der Waals surface area contributed by atoms with Crippen LogP contribution in [0.1, 0.15) is 33.1 Å². The van der Waals surface area contributed by atoms with E-state index in [2.05, 4.69) is 51.0 Å². The lowest BCUT2D eigenvalue weighted by atomic mass is 9.80. The van der Waals surface area contributed by atoms with Crippen molar-refractivity contribution >= 4 is 49.1 Å². The van der Waals surface area contributed by atoms with Crippen molar-refractivity contribution in [2.75, 3.05) is 5.32 Å². The van der Waals surface area contributed by atoms with E-state index < -0.39 is 0 Å². The van der Waals surface area contributed by atoms with Gasteiger partial charge in [-0.3, -0.25) is 0 Å². The summed E-state index contributed by atoms with van der Waals surface area (Å²) in [5.41, 5.74) is 1.12. The van der Waals surface area contributed by atoms with Gasteiger partial charge in [-0.1, -0.05) is 25.4 Å². The molecule has 100 valence electrons. The molecular weight excluding hydrogens is 377 g/mol. The summed E-state index contributed by atoms with van der Waals surface area (Å²) in [6.45, 7) is 4.69. The Morgan fingerprint density at radius 1 is 1.06 bits per heavy atom. The van der Waals surface area contributed by atoms with Gasteiger partial charge in [-0.2, -0.15) is 0 Å². The van der Waals surface area contributed by atoms with Crippen molar-refractivity contribution in [1.82, 2.24) is 0 Å². The van der Waals surface area contributed by atoms with Gasteiger partial charge in [0.15, 0.2) is 0 Å². The van der Waals surface area contributed by atoms with E-state index in [0.29, 0.717) is 6.04 Å². The Kier molecular flexibility index (Phi) is 5.01. The van der Waals surface area contributed by atoms with Crippen molar-refractivity contribution in [1.29, 1.82) is 0 Å². The lowest BCUT2D eigenvalue weighted by molar-refractivity contribution is 0.280. The van der Waals surface area contributed by atoms with Gasteiger partial charge in [0.05, 0.1) is 5.69 Å². The number of benzene rings is 1. The molecule has 0 spiro atoms. The highest BCUT2D eigenvalue weighted by Gasteiger charge is 2.24. The normalized spacial score (nSPS) is 28.2. The summed E-state index contributed by atoms with van der Waals surface area (Å²) in [5, 5.41) is 4.39. The maximum atomic E-state index is 6.02. The quantitative estimate of drug-likeness (QED) is 0.638. The van der Waals surface area contributed by atoms with E-state index in [1.165, 1.54) is 19.3 Å². The summed E-state index contributed by atoms with van der Waals surface area (Å²) >= 11 is 13.2. The zero-order valence-electron chi connectivity index (χ0n) is 10.6. The fourth-order valence-corrected chi connectivity index (χ4v) is 4.85. The van der Waals surface area contributed by atoms with Crippen LogP contribution in [0.2, 0.25) is 5.02 Å². The Morgan fingerprint density at radius 2 is 1.56 bits per heavy atom. The first-order valence-corrected chi connectivity index (χ1v) is 8.33. The monoisotopic (exact) mass is 393 g/mol. The molecule has 1 nitrogen and oxygen atoms in total.